The maximum Gasteiger partial charge on any atom is 0.243 e. The van der Waals surface area contributed by atoms with Gasteiger partial charge in [0.25, 0.3) is 0 Å². The van der Waals surface area contributed by atoms with Crippen LogP contribution in [0.25, 0.3) is 0 Å². The molecule has 0 aromatic heterocycles. The lowest BCUT2D eigenvalue weighted by Gasteiger charge is -2.22. The summed E-state index contributed by atoms with van der Waals surface area (Å²) in [6.45, 7) is -0.956. The third-order valence-corrected chi connectivity index (χ3v) is 6.99. The molecule has 0 bridgehead atoms. The predicted octanol–water partition coefficient (Wildman–Crippen LogP) is 5.62. The van der Waals surface area contributed by atoms with Gasteiger partial charge in [0.2, 0.25) is 15.9 Å². The van der Waals surface area contributed by atoms with Crippen molar-refractivity contribution in [3.8, 4) is 0 Å². The summed E-state index contributed by atoms with van der Waals surface area (Å²) in [4.78, 5) is 12.6. The maximum atomic E-state index is 14.2. The Morgan fingerprint density at radius 1 is 0.903 bits per heavy atom. The van der Waals surface area contributed by atoms with E-state index in [0.717, 1.165) is 4.31 Å². The molecule has 162 valence electrons. The zero-order chi connectivity index (χ0) is 22.6. The Morgan fingerprint density at radius 2 is 1.52 bits per heavy atom. The number of anilines is 1. The number of para-hydroxylation sites is 1. The quantitative estimate of drug-likeness (QED) is 0.457. The van der Waals surface area contributed by atoms with Gasteiger partial charge in [-0.25, -0.2) is 12.8 Å². The first-order valence-electron chi connectivity index (χ1n) is 8.91. The van der Waals surface area contributed by atoms with Crippen molar-refractivity contribution < 1.29 is 17.6 Å². The summed E-state index contributed by atoms with van der Waals surface area (Å²) in [6, 6.07) is 15.9. The number of benzene rings is 3. The van der Waals surface area contributed by atoms with Gasteiger partial charge in [0.1, 0.15) is 5.82 Å². The van der Waals surface area contributed by atoms with E-state index in [-0.39, 0.29) is 32.7 Å². The zero-order valence-electron chi connectivity index (χ0n) is 15.9. The van der Waals surface area contributed by atoms with Gasteiger partial charge >= 0.3 is 0 Å². The number of hydrogen-bond donors (Lipinski definition) is 1. The van der Waals surface area contributed by atoms with Crippen LogP contribution < -0.4 is 5.32 Å². The minimum atomic E-state index is -4.16. The standard InChI is InChI=1S/C21H16Cl3FN2O3S/c22-15-8-10-16(11-9-15)31(29,30)27(12-14-4-1-2-7-19(14)25)13-20(28)26-21-17(23)5-3-6-18(21)24/h1-11H,12-13H2,(H,26,28). The molecule has 0 heterocycles. The van der Waals surface area contributed by atoms with E-state index >= 15 is 0 Å². The Morgan fingerprint density at radius 3 is 2.13 bits per heavy atom. The van der Waals surface area contributed by atoms with Crippen molar-refractivity contribution in [2.24, 2.45) is 0 Å². The Hall–Kier alpha value is -2.16. The van der Waals surface area contributed by atoms with E-state index < -0.39 is 28.3 Å². The summed E-state index contributed by atoms with van der Waals surface area (Å²) >= 11 is 18.0. The fraction of sp³-hybridized carbons (Fsp3) is 0.0952. The molecule has 1 N–H and O–H groups in total. The second kappa shape index (κ2) is 9.97. The van der Waals surface area contributed by atoms with Crippen molar-refractivity contribution in [3.05, 3.63) is 93.2 Å². The fourth-order valence-electron chi connectivity index (χ4n) is 2.75. The van der Waals surface area contributed by atoms with E-state index in [1.54, 1.807) is 12.1 Å². The third-order valence-electron chi connectivity index (χ3n) is 4.30. The zero-order valence-corrected chi connectivity index (χ0v) is 18.9. The second-order valence-electron chi connectivity index (χ2n) is 6.46. The van der Waals surface area contributed by atoms with Crippen molar-refractivity contribution in [1.29, 1.82) is 0 Å². The molecular formula is C21H16Cl3FN2O3S. The van der Waals surface area contributed by atoms with Crippen molar-refractivity contribution in [3.63, 3.8) is 0 Å². The van der Waals surface area contributed by atoms with Crippen LogP contribution in [-0.4, -0.2) is 25.2 Å². The Labute approximate surface area is 194 Å². The third kappa shape index (κ3) is 5.75. The Kier molecular flexibility index (Phi) is 7.56. The normalized spacial score (nSPS) is 11.5. The smallest absolute Gasteiger partial charge is 0.243 e. The van der Waals surface area contributed by atoms with Gasteiger partial charge in [-0.2, -0.15) is 4.31 Å². The van der Waals surface area contributed by atoms with Crippen molar-refractivity contribution in [2.45, 2.75) is 11.4 Å². The van der Waals surface area contributed by atoms with E-state index in [1.807, 2.05) is 0 Å². The van der Waals surface area contributed by atoms with Gasteiger partial charge in [-0.1, -0.05) is 59.1 Å². The molecule has 0 aliphatic heterocycles. The Bertz CT molecular complexity index is 1180. The van der Waals surface area contributed by atoms with Crippen LogP contribution in [0.2, 0.25) is 15.1 Å². The highest BCUT2D eigenvalue weighted by atomic mass is 35.5. The van der Waals surface area contributed by atoms with Crippen LogP contribution in [0.3, 0.4) is 0 Å². The van der Waals surface area contributed by atoms with Crippen LogP contribution in [0, 0.1) is 5.82 Å². The highest BCUT2D eigenvalue weighted by Crippen LogP contribution is 2.30. The van der Waals surface area contributed by atoms with Crippen LogP contribution in [0.5, 0.6) is 0 Å². The van der Waals surface area contributed by atoms with Gasteiger partial charge in [0.05, 0.1) is 27.2 Å². The first-order chi connectivity index (χ1) is 14.7. The van der Waals surface area contributed by atoms with Crippen molar-refractivity contribution in [1.82, 2.24) is 4.31 Å². The molecule has 0 radical (unpaired) electrons. The molecule has 0 fully saturated rings. The summed E-state index contributed by atoms with van der Waals surface area (Å²) in [6.07, 6.45) is 0. The molecule has 0 unspecified atom stereocenters. The molecule has 3 aromatic carbocycles. The minimum absolute atomic E-state index is 0.0863. The summed E-state index contributed by atoms with van der Waals surface area (Å²) in [5.41, 5.74) is 0.272. The van der Waals surface area contributed by atoms with Gasteiger partial charge in [0.15, 0.2) is 0 Å². The topological polar surface area (TPSA) is 66.5 Å². The number of carbonyl (C=O) groups is 1. The number of nitrogens with one attached hydrogen (secondary N) is 1. The molecule has 10 heteroatoms. The van der Waals surface area contributed by atoms with Crippen LogP contribution in [0.1, 0.15) is 5.56 Å². The lowest BCUT2D eigenvalue weighted by molar-refractivity contribution is -0.116. The largest absolute Gasteiger partial charge is 0.322 e. The number of rotatable bonds is 7. The molecule has 0 saturated heterocycles. The molecule has 31 heavy (non-hydrogen) atoms. The highest BCUT2D eigenvalue weighted by molar-refractivity contribution is 7.89. The number of hydrogen-bond acceptors (Lipinski definition) is 3. The number of sulfonamides is 1. The first kappa shape index (κ1) is 23.5. The maximum absolute atomic E-state index is 14.2. The minimum Gasteiger partial charge on any atom is -0.322 e. The van der Waals surface area contributed by atoms with Crippen LogP contribution in [-0.2, 0) is 21.4 Å². The van der Waals surface area contributed by atoms with Crippen molar-refractivity contribution >= 4 is 56.4 Å². The van der Waals surface area contributed by atoms with Gasteiger partial charge in [-0.3, -0.25) is 4.79 Å². The van der Waals surface area contributed by atoms with Crippen LogP contribution in [0.15, 0.2) is 71.6 Å². The van der Waals surface area contributed by atoms with Crippen molar-refractivity contribution in [2.75, 3.05) is 11.9 Å². The number of amides is 1. The predicted molar refractivity (Wildman–Crippen MR) is 121 cm³/mol. The molecule has 1 amide bonds. The van der Waals surface area contributed by atoms with Gasteiger partial charge < -0.3 is 5.32 Å². The summed E-state index contributed by atoms with van der Waals surface area (Å²) in [5, 5.41) is 3.26. The monoisotopic (exact) mass is 500 g/mol. The van der Waals surface area contributed by atoms with Gasteiger partial charge in [0, 0.05) is 17.1 Å². The van der Waals surface area contributed by atoms with E-state index in [4.69, 9.17) is 34.8 Å². The summed E-state index contributed by atoms with van der Waals surface area (Å²) < 4.78 is 41.5. The highest BCUT2D eigenvalue weighted by Gasteiger charge is 2.28. The molecule has 0 saturated carbocycles. The van der Waals surface area contributed by atoms with Crippen LogP contribution >= 0.6 is 34.8 Å². The second-order valence-corrected chi connectivity index (χ2v) is 9.65. The lowest BCUT2D eigenvalue weighted by atomic mass is 10.2. The molecule has 5 nitrogen and oxygen atoms in total. The molecule has 0 aliphatic rings. The number of nitrogens with zero attached hydrogens (tertiary/aromatic N) is 1. The SMILES string of the molecule is O=C(CN(Cc1ccccc1F)S(=O)(=O)c1ccc(Cl)cc1)Nc1c(Cl)cccc1Cl. The molecule has 0 aliphatic carbocycles. The van der Waals surface area contributed by atoms with Gasteiger partial charge in [-0.05, 0) is 42.5 Å². The number of halogens is 4. The molecule has 0 spiro atoms. The Balaban J connectivity index is 1.92. The van der Waals surface area contributed by atoms with E-state index in [0.29, 0.717) is 5.02 Å². The van der Waals surface area contributed by atoms with E-state index in [2.05, 4.69) is 5.32 Å². The fourth-order valence-corrected chi connectivity index (χ4v) is 4.75. The van der Waals surface area contributed by atoms with Crippen LogP contribution in [0.4, 0.5) is 10.1 Å². The number of carbonyl (C=O) groups excluding carboxylic acids is 1. The molecular weight excluding hydrogens is 486 g/mol. The average Bonchev–Trinajstić information content (AvgIpc) is 2.72. The van der Waals surface area contributed by atoms with E-state index in [1.165, 1.54) is 54.6 Å². The average molecular weight is 502 g/mol. The van der Waals surface area contributed by atoms with Gasteiger partial charge in [-0.15, -0.1) is 0 Å². The van der Waals surface area contributed by atoms with E-state index in [9.17, 15) is 17.6 Å². The molecule has 3 aromatic rings. The molecule has 3 rings (SSSR count). The molecule has 0 atom stereocenters. The summed E-state index contributed by atoms with van der Waals surface area (Å²) in [7, 11) is -4.16. The summed E-state index contributed by atoms with van der Waals surface area (Å²) in [5.74, 6) is -1.28. The first-order valence-corrected chi connectivity index (χ1v) is 11.5. The lowest BCUT2D eigenvalue weighted by Crippen LogP contribution is -2.37.